The molecule has 0 saturated heterocycles. The van der Waals surface area contributed by atoms with Gasteiger partial charge in [0.1, 0.15) is 0 Å². The van der Waals surface area contributed by atoms with Gasteiger partial charge in [0, 0.05) is 23.5 Å². The molecule has 0 aliphatic heterocycles. The Morgan fingerprint density at radius 3 is 2.56 bits per heavy atom. The Bertz CT molecular complexity index is 647. The zero-order valence-corrected chi connectivity index (χ0v) is 17.8. The molecule has 138 valence electrons. The summed E-state index contributed by atoms with van der Waals surface area (Å²) in [5.41, 5.74) is 0. The highest BCUT2D eigenvalue weighted by Gasteiger charge is 2.26. The zero-order valence-electron chi connectivity index (χ0n) is 15.4. The van der Waals surface area contributed by atoms with Gasteiger partial charge in [-0.25, -0.2) is 0 Å². The second-order valence-electron chi connectivity index (χ2n) is 6.32. The smallest absolute Gasteiger partial charge is 0.236 e. The van der Waals surface area contributed by atoms with E-state index in [-0.39, 0.29) is 23.2 Å². The molecule has 0 spiro atoms. The molecule has 0 aliphatic rings. The first kappa shape index (κ1) is 20.2. The molecule has 2 aromatic heterocycles. The Hall–Kier alpha value is -1.12. The van der Waals surface area contributed by atoms with Crippen molar-refractivity contribution in [2.24, 2.45) is 0 Å². The molecule has 0 aliphatic carbocycles. The van der Waals surface area contributed by atoms with Crippen LogP contribution in [-0.4, -0.2) is 44.9 Å². The fourth-order valence-electron chi connectivity index (χ4n) is 2.59. The monoisotopic (exact) mass is 398 g/mol. The molecule has 2 heterocycles. The second kappa shape index (κ2) is 9.54. The Morgan fingerprint density at radius 2 is 1.96 bits per heavy atom. The first-order valence-corrected chi connectivity index (χ1v) is 11.0. The van der Waals surface area contributed by atoms with E-state index in [9.17, 15) is 4.79 Å². The Morgan fingerprint density at radius 1 is 1.24 bits per heavy atom. The fourth-order valence-corrected chi connectivity index (χ4v) is 5.28. The first-order chi connectivity index (χ1) is 11.9. The summed E-state index contributed by atoms with van der Waals surface area (Å²) in [4.78, 5) is 16.0. The number of hydrogen-bond donors (Lipinski definition) is 1. The summed E-state index contributed by atoms with van der Waals surface area (Å²) < 4.78 is 0.826. The second-order valence-corrected chi connectivity index (χ2v) is 9.92. The number of hydrogen-bond acceptors (Lipinski definition) is 7. The van der Waals surface area contributed by atoms with Crippen molar-refractivity contribution in [1.82, 2.24) is 15.1 Å². The third kappa shape index (κ3) is 5.97. The van der Waals surface area contributed by atoms with Crippen LogP contribution in [0.15, 0.2) is 21.9 Å². The van der Waals surface area contributed by atoms with Gasteiger partial charge in [0.25, 0.3) is 0 Å². The van der Waals surface area contributed by atoms with Crippen LogP contribution in [0.1, 0.15) is 39.5 Å². The number of thioether (sulfide) groups is 1. The predicted octanol–water partition coefficient (Wildman–Crippen LogP) is 4.38. The molecule has 1 N–H and O–H groups in total. The van der Waals surface area contributed by atoms with Crippen LogP contribution in [0.5, 0.6) is 0 Å². The van der Waals surface area contributed by atoms with Gasteiger partial charge in [-0.2, -0.15) is 0 Å². The molecule has 0 saturated carbocycles. The summed E-state index contributed by atoms with van der Waals surface area (Å²) >= 11 is 4.75. The van der Waals surface area contributed by atoms with Crippen LogP contribution in [0.4, 0.5) is 5.13 Å². The van der Waals surface area contributed by atoms with Crippen LogP contribution in [0, 0.1) is 0 Å². The van der Waals surface area contributed by atoms with Crippen molar-refractivity contribution in [2.45, 2.75) is 62.7 Å². The van der Waals surface area contributed by atoms with Crippen molar-refractivity contribution >= 4 is 45.5 Å². The van der Waals surface area contributed by atoms with Crippen molar-refractivity contribution in [3.63, 3.8) is 0 Å². The summed E-state index contributed by atoms with van der Waals surface area (Å²) in [5, 5.41) is 14.4. The maximum Gasteiger partial charge on any atom is 0.236 e. The highest BCUT2D eigenvalue weighted by atomic mass is 32.2. The zero-order chi connectivity index (χ0) is 18.4. The number of nitrogens with one attached hydrogen (secondary N) is 1. The van der Waals surface area contributed by atoms with Crippen molar-refractivity contribution < 1.29 is 4.79 Å². The number of rotatable bonds is 9. The molecule has 0 radical (unpaired) electrons. The molecule has 8 heteroatoms. The van der Waals surface area contributed by atoms with E-state index in [1.54, 1.807) is 11.3 Å². The van der Waals surface area contributed by atoms with Gasteiger partial charge >= 0.3 is 0 Å². The number of carbonyl (C=O) groups excluding carboxylic acids is 1. The maximum absolute atomic E-state index is 12.7. The van der Waals surface area contributed by atoms with Crippen LogP contribution < -0.4 is 5.32 Å². The molecule has 0 bridgehead atoms. The number of aromatic nitrogens is 2. The molecule has 0 aromatic carbocycles. The minimum absolute atomic E-state index is 0.150. The lowest BCUT2D eigenvalue weighted by molar-refractivity contribution is -0.133. The van der Waals surface area contributed by atoms with Gasteiger partial charge < -0.3 is 10.2 Å². The van der Waals surface area contributed by atoms with Gasteiger partial charge in [0.15, 0.2) is 4.34 Å². The lowest BCUT2D eigenvalue weighted by Crippen LogP contribution is -2.45. The predicted molar refractivity (Wildman–Crippen MR) is 109 cm³/mol. The minimum Gasteiger partial charge on any atom is -0.360 e. The Balaban J connectivity index is 1.85. The molecule has 2 aromatic rings. The van der Waals surface area contributed by atoms with E-state index < -0.39 is 0 Å². The average molecular weight is 399 g/mol. The standard InChI is InChI=1S/C17H26N4OS3/c1-11(2)21(12(3)4)15(22)13(5)24-17-20-19-16(25-17)18-9-8-14-7-6-10-23-14/h6-7,10-13H,8-9H2,1-5H3,(H,18,19)/t13-/m1/s1. The van der Waals surface area contributed by atoms with Crippen LogP contribution in [-0.2, 0) is 11.2 Å². The van der Waals surface area contributed by atoms with Gasteiger partial charge in [-0.3, -0.25) is 4.79 Å². The SMILES string of the molecule is CC(C)N(C(=O)[C@@H](C)Sc1nnc(NCCc2cccs2)s1)C(C)C. The highest BCUT2D eigenvalue weighted by Crippen LogP contribution is 2.30. The van der Waals surface area contributed by atoms with Gasteiger partial charge in [-0.05, 0) is 52.5 Å². The Kier molecular flexibility index (Phi) is 7.71. The van der Waals surface area contributed by atoms with Gasteiger partial charge in [-0.1, -0.05) is 29.2 Å². The fraction of sp³-hybridized carbons (Fsp3) is 0.588. The quantitative estimate of drug-likeness (QED) is 0.635. The van der Waals surface area contributed by atoms with Crippen LogP contribution in [0.3, 0.4) is 0 Å². The molecule has 2 rings (SSSR count). The molecule has 25 heavy (non-hydrogen) atoms. The first-order valence-electron chi connectivity index (χ1n) is 8.47. The van der Waals surface area contributed by atoms with E-state index in [0.717, 1.165) is 22.4 Å². The van der Waals surface area contributed by atoms with Crippen LogP contribution in [0.25, 0.3) is 0 Å². The normalized spacial score (nSPS) is 12.6. The molecule has 0 unspecified atom stereocenters. The van der Waals surface area contributed by atoms with E-state index >= 15 is 0 Å². The van der Waals surface area contributed by atoms with Gasteiger partial charge in [0.2, 0.25) is 11.0 Å². The van der Waals surface area contributed by atoms with Crippen LogP contribution in [0.2, 0.25) is 0 Å². The molecule has 0 fully saturated rings. The highest BCUT2D eigenvalue weighted by molar-refractivity contribution is 8.02. The van der Waals surface area contributed by atoms with Crippen molar-refractivity contribution in [1.29, 1.82) is 0 Å². The lowest BCUT2D eigenvalue weighted by Gasteiger charge is -2.32. The number of anilines is 1. The number of nitrogens with zero attached hydrogens (tertiary/aromatic N) is 3. The maximum atomic E-state index is 12.7. The molecular weight excluding hydrogens is 372 g/mol. The van der Waals surface area contributed by atoms with E-state index in [4.69, 9.17) is 0 Å². The van der Waals surface area contributed by atoms with Gasteiger partial charge in [-0.15, -0.1) is 21.5 Å². The minimum atomic E-state index is -0.170. The van der Waals surface area contributed by atoms with Crippen molar-refractivity contribution in [3.8, 4) is 0 Å². The van der Waals surface area contributed by atoms with Crippen LogP contribution >= 0.6 is 34.4 Å². The van der Waals surface area contributed by atoms with Crippen molar-refractivity contribution in [3.05, 3.63) is 22.4 Å². The summed E-state index contributed by atoms with van der Waals surface area (Å²) in [7, 11) is 0. The summed E-state index contributed by atoms with van der Waals surface area (Å²) in [5.74, 6) is 0.150. The third-order valence-electron chi connectivity index (χ3n) is 3.63. The molecule has 1 atom stereocenters. The van der Waals surface area contributed by atoms with E-state index in [1.807, 2.05) is 11.8 Å². The van der Waals surface area contributed by atoms with E-state index in [0.29, 0.717) is 0 Å². The molecular formula is C17H26N4OS3. The van der Waals surface area contributed by atoms with E-state index in [1.165, 1.54) is 28.0 Å². The Labute approximate surface area is 162 Å². The van der Waals surface area contributed by atoms with Crippen molar-refractivity contribution in [2.75, 3.05) is 11.9 Å². The average Bonchev–Trinajstić information content (AvgIpc) is 3.18. The lowest BCUT2D eigenvalue weighted by atomic mass is 10.2. The van der Waals surface area contributed by atoms with E-state index in [2.05, 4.69) is 60.7 Å². The summed E-state index contributed by atoms with van der Waals surface area (Å²) in [6, 6.07) is 4.59. The molecule has 5 nitrogen and oxygen atoms in total. The van der Waals surface area contributed by atoms with Gasteiger partial charge in [0.05, 0.1) is 5.25 Å². The summed E-state index contributed by atoms with van der Waals surface area (Å²) in [6.45, 7) is 11.0. The third-order valence-corrected chi connectivity index (χ3v) is 6.62. The topological polar surface area (TPSA) is 58.1 Å². The molecule has 1 amide bonds. The number of thiophene rings is 1. The number of carbonyl (C=O) groups is 1. The largest absolute Gasteiger partial charge is 0.360 e. The number of amides is 1. The summed E-state index contributed by atoms with van der Waals surface area (Å²) in [6.07, 6.45) is 0.979.